The molecule has 1 aromatic heterocycles. The van der Waals surface area contributed by atoms with Gasteiger partial charge in [-0.1, -0.05) is 34.4 Å². The van der Waals surface area contributed by atoms with Gasteiger partial charge in [-0.15, -0.1) is 0 Å². The highest BCUT2D eigenvalue weighted by molar-refractivity contribution is 6.39. The van der Waals surface area contributed by atoms with Crippen molar-refractivity contribution in [3.63, 3.8) is 0 Å². The smallest absolute Gasteiger partial charge is 0.306 e. The van der Waals surface area contributed by atoms with Gasteiger partial charge in [-0.3, -0.25) is 9.59 Å². The lowest BCUT2D eigenvalue weighted by atomic mass is 10.1. The summed E-state index contributed by atoms with van der Waals surface area (Å²) in [6.45, 7) is 3.17. The number of nitrogens with one attached hydrogen (secondary N) is 1. The zero-order valence-electron chi connectivity index (χ0n) is 13.2. The van der Waals surface area contributed by atoms with Gasteiger partial charge in [0.15, 0.2) is 6.61 Å². The highest BCUT2D eigenvalue weighted by Gasteiger charge is 2.14. The van der Waals surface area contributed by atoms with Crippen molar-refractivity contribution < 1.29 is 18.8 Å². The average molecular weight is 371 g/mol. The van der Waals surface area contributed by atoms with Gasteiger partial charge in [0.2, 0.25) is 0 Å². The maximum Gasteiger partial charge on any atom is 0.306 e. The van der Waals surface area contributed by atoms with Gasteiger partial charge in [-0.2, -0.15) is 0 Å². The molecule has 128 valence electrons. The van der Waals surface area contributed by atoms with Crippen LogP contribution in [0.25, 0.3) is 0 Å². The second-order valence-corrected chi connectivity index (χ2v) is 5.92. The van der Waals surface area contributed by atoms with Crippen LogP contribution in [0, 0.1) is 13.8 Å². The van der Waals surface area contributed by atoms with Crippen LogP contribution in [0.2, 0.25) is 10.0 Å². The van der Waals surface area contributed by atoms with E-state index in [1.54, 1.807) is 32.0 Å². The Morgan fingerprint density at radius 2 is 1.92 bits per heavy atom. The number of anilines is 1. The lowest BCUT2D eigenvalue weighted by Gasteiger charge is -2.09. The summed E-state index contributed by atoms with van der Waals surface area (Å²) >= 11 is 11.9. The van der Waals surface area contributed by atoms with Crippen molar-refractivity contribution in [2.45, 2.75) is 26.7 Å². The third kappa shape index (κ3) is 4.72. The maximum absolute atomic E-state index is 11.8. The first-order chi connectivity index (χ1) is 11.4. The molecule has 1 amide bonds. The molecule has 6 nitrogen and oxygen atoms in total. The summed E-state index contributed by atoms with van der Waals surface area (Å²) < 4.78 is 9.97. The number of hydrogen-bond donors (Lipinski definition) is 1. The largest absolute Gasteiger partial charge is 0.456 e. The molecule has 0 spiro atoms. The number of aryl methyl sites for hydroxylation is 2. The summed E-state index contributed by atoms with van der Waals surface area (Å²) in [6.07, 6.45) is 0.570. The van der Waals surface area contributed by atoms with Crippen LogP contribution in [0.3, 0.4) is 0 Å². The number of benzene rings is 1. The van der Waals surface area contributed by atoms with Gasteiger partial charge in [0.1, 0.15) is 5.76 Å². The minimum absolute atomic E-state index is 0.128. The Bertz CT molecular complexity index is 719. The van der Waals surface area contributed by atoms with Gasteiger partial charge in [-0.25, -0.2) is 0 Å². The SMILES string of the molecule is Cc1noc(C)c1CCC(=O)OCC(=O)Nc1c(Cl)cccc1Cl. The lowest BCUT2D eigenvalue weighted by Crippen LogP contribution is -2.21. The standard InChI is InChI=1S/C16H16Cl2N2O4/c1-9-11(10(2)24-20-9)6-7-15(22)23-8-14(21)19-16-12(17)4-3-5-13(16)18/h3-5H,6-8H2,1-2H3,(H,19,21). The van der Waals surface area contributed by atoms with Crippen molar-refractivity contribution in [3.8, 4) is 0 Å². The van der Waals surface area contributed by atoms with E-state index >= 15 is 0 Å². The first-order valence-electron chi connectivity index (χ1n) is 7.19. The van der Waals surface area contributed by atoms with Crippen molar-refractivity contribution in [1.82, 2.24) is 5.16 Å². The van der Waals surface area contributed by atoms with Crippen LogP contribution in [0.15, 0.2) is 22.7 Å². The fraction of sp³-hybridized carbons (Fsp3) is 0.312. The van der Waals surface area contributed by atoms with Crippen LogP contribution >= 0.6 is 23.2 Å². The fourth-order valence-corrected chi connectivity index (χ4v) is 2.59. The van der Waals surface area contributed by atoms with Crippen LogP contribution in [0.4, 0.5) is 5.69 Å². The van der Waals surface area contributed by atoms with E-state index in [2.05, 4.69) is 10.5 Å². The highest BCUT2D eigenvalue weighted by atomic mass is 35.5. The summed E-state index contributed by atoms with van der Waals surface area (Å²) in [7, 11) is 0. The molecule has 0 saturated carbocycles. The van der Waals surface area contributed by atoms with Crippen LogP contribution < -0.4 is 5.32 Å². The van der Waals surface area contributed by atoms with Crippen molar-refractivity contribution in [1.29, 1.82) is 0 Å². The Balaban J connectivity index is 1.80. The first-order valence-corrected chi connectivity index (χ1v) is 7.95. The predicted molar refractivity (Wildman–Crippen MR) is 90.3 cm³/mol. The van der Waals surface area contributed by atoms with Gasteiger partial charge in [0.05, 0.1) is 21.4 Å². The molecular weight excluding hydrogens is 355 g/mol. The van der Waals surface area contributed by atoms with E-state index in [0.717, 1.165) is 11.3 Å². The van der Waals surface area contributed by atoms with Crippen LogP contribution in [-0.4, -0.2) is 23.6 Å². The number of halogens is 2. The van der Waals surface area contributed by atoms with E-state index < -0.39 is 18.5 Å². The number of carbonyl (C=O) groups excluding carboxylic acids is 2. The maximum atomic E-state index is 11.8. The molecule has 24 heavy (non-hydrogen) atoms. The molecule has 0 aliphatic heterocycles. The number of ether oxygens (including phenoxy) is 1. The number of aromatic nitrogens is 1. The molecule has 1 heterocycles. The molecule has 0 fully saturated rings. The van der Waals surface area contributed by atoms with E-state index in [1.165, 1.54) is 0 Å². The molecule has 8 heteroatoms. The van der Waals surface area contributed by atoms with Gasteiger partial charge < -0.3 is 14.6 Å². The molecule has 0 bridgehead atoms. The van der Waals surface area contributed by atoms with E-state index in [0.29, 0.717) is 22.2 Å². The normalized spacial score (nSPS) is 10.5. The topological polar surface area (TPSA) is 81.4 Å². The monoisotopic (exact) mass is 370 g/mol. The predicted octanol–water partition coefficient (Wildman–Crippen LogP) is 3.71. The Labute approximate surface area is 149 Å². The van der Waals surface area contributed by atoms with E-state index in [1.807, 2.05) is 0 Å². The van der Waals surface area contributed by atoms with Crippen molar-refractivity contribution in [2.24, 2.45) is 0 Å². The molecule has 0 aliphatic rings. The van der Waals surface area contributed by atoms with Gasteiger partial charge >= 0.3 is 5.97 Å². The summed E-state index contributed by atoms with van der Waals surface area (Å²) in [5, 5.41) is 6.94. The van der Waals surface area contributed by atoms with E-state index in [9.17, 15) is 9.59 Å². The number of nitrogens with zero attached hydrogens (tertiary/aromatic N) is 1. The van der Waals surface area contributed by atoms with Crippen molar-refractivity contribution in [2.75, 3.05) is 11.9 Å². The summed E-state index contributed by atoms with van der Waals surface area (Å²) in [5.41, 5.74) is 1.91. The Morgan fingerprint density at radius 1 is 1.25 bits per heavy atom. The molecule has 0 radical (unpaired) electrons. The number of carbonyl (C=O) groups is 2. The highest BCUT2D eigenvalue weighted by Crippen LogP contribution is 2.29. The molecule has 2 aromatic rings. The molecule has 0 atom stereocenters. The second-order valence-electron chi connectivity index (χ2n) is 5.11. The van der Waals surface area contributed by atoms with Crippen LogP contribution in [0.5, 0.6) is 0 Å². The average Bonchev–Trinajstić information content (AvgIpc) is 2.85. The van der Waals surface area contributed by atoms with E-state index in [4.69, 9.17) is 32.5 Å². The summed E-state index contributed by atoms with van der Waals surface area (Å²) in [4.78, 5) is 23.6. The molecule has 2 rings (SSSR count). The summed E-state index contributed by atoms with van der Waals surface area (Å²) in [5.74, 6) is -0.336. The summed E-state index contributed by atoms with van der Waals surface area (Å²) in [6, 6.07) is 4.85. The molecule has 1 aromatic carbocycles. The lowest BCUT2D eigenvalue weighted by molar-refractivity contribution is -0.147. The van der Waals surface area contributed by atoms with Gasteiger partial charge in [0, 0.05) is 12.0 Å². The minimum atomic E-state index is -0.518. The number of esters is 1. The zero-order chi connectivity index (χ0) is 17.7. The van der Waals surface area contributed by atoms with Crippen molar-refractivity contribution in [3.05, 3.63) is 45.3 Å². The minimum Gasteiger partial charge on any atom is -0.456 e. The Hall–Kier alpha value is -2.05. The molecule has 1 N–H and O–H groups in total. The van der Waals surface area contributed by atoms with Gasteiger partial charge in [0.25, 0.3) is 5.91 Å². The second kappa shape index (κ2) is 8.17. The van der Waals surface area contributed by atoms with Crippen LogP contribution in [0.1, 0.15) is 23.4 Å². The van der Waals surface area contributed by atoms with Gasteiger partial charge in [-0.05, 0) is 32.4 Å². The molecule has 0 unspecified atom stereocenters. The molecule has 0 aliphatic carbocycles. The third-order valence-electron chi connectivity index (χ3n) is 3.35. The van der Waals surface area contributed by atoms with E-state index in [-0.39, 0.29) is 12.1 Å². The zero-order valence-corrected chi connectivity index (χ0v) is 14.7. The number of rotatable bonds is 6. The number of para-hydroxylation sites is 1. The van der Waals surface area contributed by atoms with Crippen molar-refractivity contribution >= 4 is 40.8 Å². The molecule has 0 saturated heterocycles. The first kappa shape index (κ1) is 18.3. The third-order valence-corrected chi connectivity index (χ3v) is 3.98. The molecular formula is C16H16Cl2N2O4. The number of hydrogen-bond acceptors (Lipinski definition) is 5. The fourth-order valence-electron chi connectivity index (χ4n) is 2.10. The number of amides is 1. The van der Waals surface area contributed by atoms with Crippen LogP contribution in [-0.2, 0) is 20.7 Å². The Morgan fingerprint density at radius 3 is 2.50 bits per heavy atom. The Kier molecular flexibility index (Phi) is 6.23. The quantitative estimate of drug-likeness (QED) is 0.783.